The molecule has 0 saturated heterocycles. The molecular formula is C19H16N4O2. The summed E-state index contributed by atoms with van der Waals surface area (Å²) in [6.45, 7) is 1.53. The lowest BCUT2D eigenvalue weighted by molar-refractivity contribution is 0.101. The molecule has 5 N–H and O–H groups in total. The van der Waals surface area contributed by atoms with E-state index in [0.29, 0.717) is 22.6 Å². The van der Waals surface area contributed by atoms with Crippen LogP contribution in [0.1, 0.15) is 27.8 Å². The molecule has 2 aromatic carbocycles. The molecule has 4 rings (SSSR count). The molecule has 0 bridgehead atoms. The third kappa shape index (κ3) is 2.63. The number of benzene rings is 2. The smallest absolute Gasteiger partial charge is 0.255 e. The minimum Gasteiger partial charge on any atom is -0.399 e. The normalized spacial score (nSPS) is 11.1. The Bertz CT molecular complexity index is 1120. The highest BCUT2D eigenvalue weighted by Crippen LogP contribution is 2.28. The van der Waals surface area contributed by atoms with Crippen molar-refractivity contribution < 1.29 is 9.59 Å². The van der Waals surface area contributed by atoms with Crippen LogP contribution in [0.2, 0.25) is 0 Å². The Morgan fingerprint density at radius 3 is 2.44 bits per heavy atom. The molecule has 0 radical (unpaired) electrons. The fourth-order valence-electron chi connectivity index (χ4n) is 2.89. The zero-order chi connectivity index (χ0) is 17.6. The molecule has 0 spiro atoms. The molecular weight excluding hydrogens is 316 g/mol. The van der Waals surface area contributed by atoms with E-state index in [4.69, 9.17) is 5.73 Å². The monoisotopic (exact) mass is 332 g/mol. The number of aromatic nitrogens is 2. The number of hydrogen-bond donors (Lipinski definition) is 4. The molecule has 0 aliphatic carbocycles. The van der Waals surface area contributed by atoms with Crippen LogP contribution in [-0.4, -0.2) is 21.7 Å². The van der Waals surface area contributed by atoms with Crippen molar-refractivity contribution in [2.45, 2.75) is 6.92 Å². The lowest BCUT2D eigenvalue weighted by Gasteiger charge is -2.06. The molecule has 6 heteroatoms. The Morgan fingerprint density at radius 2 is 1.72 bits per heavy atom. The van der Waals surface area contributed by atoms with E-state index >= 15 is 0 Å². The maximum Gasteiger partial charge on any atom is 0.255 e. The summed E-state index contributed by atoms with van der Waals surface area (Å²) >= 11 is 0. The van der Waals surface area contributed by atoms with Crippen LogP contribution in [0, 0.1) is 0 Å². The molecule has 0 aliphatic heterocycles. The predicted molar refractivity (Wildman–Crippen MR) is 99.0 cm³/mol. The van der Waals surface area contributed by atoms with Gasteiger partial charge in [0.25, 0.3) is 5.91 Å². The van der Waals surface area contributed by atoms with Crippen LogP contribution in [-0.2, 0) is 0 Å². The average molecular weight is 332 g/mol. The summed E-state index contributed by atoms with van der Waals surface area (Å²) < 4.78 is 0. The van der Waals surface area contributed by atoms with Crippen LogP contribution in [0.15, 0.2) is 48.5 Å². The summed E-state index contributed by atoms with van der Waals surface area (Å²) in [5, 5.41) is 4.82. The number of H-pyrrole nitrogens is 2. The van der Waals surface area contributed by atoms with Gasteiger partial charge in [-0.1, -0.05) is 6.07 Å². The topological polar surface area (TPSA) is 104 Å². The van der Waals surface area contributed by atoms with Crippen molar-refractivity contribution in [3.8, 4) is 0 Å². The van der Waals surface area contributed by atoms with E-state index in [1.54, 1.807) is 24.3 Å². The second-order valence-corrected chi connectivity index (χ2v) is 5.99. The van der Waals surface area contributed by atoms with Gasteiger partial charge in [-0.2, -0.15) is 0 Å². The number of anilines is 2. The number of fused-ring (bicyclic) bond motifs is 3. The van der Waals surface area contributed by atoms with Crippen molar-refractivity contribution in [2.24, 2.45) is 0 Å². The van der Waals surface area contributed by atoms with Gasteiger partial charge in [0.2, 0.25) is 0 Å². The molecule has 0 aliphatic rings. The van der Waals surface area contributed by atoms with Gasteiger partial charge in [-0.3, -0.25) is 9.59 Å². The fourth-order valence-corrected chi connectivity index (χ4v) is 2.89. The number of nitrogens with one attached hydrogen (secondary N) is 3. The number of nitrogens with two attached hydrogens (primary N) is 1. The van der Waals surface area contributed by atoms with Gasteiger partial charge in [-0.25, -0.2) is 0 Å². The molecule has 0 atom stereocenters. The summed E-state index contributed by atoms with van der Waals surface area (Å²) in [7, 11) is 0. The van der Waals surface area contributed by atoms with E-state index in [0.717, 1.165) is 21.9 Å². The first kappa shape index (κ1) is 15.0. The first-order valence-corrected chi connectivity index (χ1v) is 7.83. The molecule has 4 aromatic rings. The van der Waals surface area contributed by atoms with E-state index in [1.165, 1.54) is 6.92 Å². The average Bonchev–Trinajstić information content (AvgIpc) is 3.12. The van der Waals surface area contributed by atoms with Crippen LogP contribution < -0.4 is 11.1 Å². The lowest BCUT2D eigenvalue weighted by atomic mass is 10.1. The summed E-state index contributed by atoms with van der Waals surface area (Å²) in [5.41, 5.74) is 9.73. The second-order valence-electron chi connectivity index (χ2n) is 5.99. The molecule has 2 aromatic heterocycles. The molecule has 6 nitrogen and oxygen atoms in total. The van der Waals surface area contributed by atoms with Crippen LogP contribution in [0.25, 0.3) is 21.9 Å². The first-order chi connectivity index (χ1) is 12.0. The first-order valence-electron chi connectivity index (χ1n) is 7.83. The van der Waals surface area contributed by atoms with Gasteiger partial charge in [-0.05, 0) is 42.5 Å². The Morgan fingerprint density at radius 1 is 0.960 bits per heavy atom. The van der Waals surface area contributed by atoms with Gasteiger partial charge >= 0.3 is 0 Å². The number of rotatable bonds is 3. The third-order valence-electron chi connectivity index (χ3n) is 4.20. The molecule has 2 heterocycles. The molecule has 0 fully saturated rings. The Hall–Kier alpha value is -3.54. The maximum absolute atomic E-state index is 12.3. The van der Waals surface area contributed by atoms with Gasteiger partial charge < -0.3 is 21.0 Å². The zero-order valence-corrected chi connectivity index (χ0v) is 13.5. The van der Waals surface area contributed by atoms with Crippen LogP contribution >= 0.6 is 0 Å². The Kier molecular flexibility index (Phi) is 3.32. The van der Waals surface area contributed by atoms with Gasteiger partial charge in [0.05, 0.1) is 5.69 Å². The number of Topliss-reactive ketones (excluding diaryl/α,β-unsaturated/α-hetero) is 1. The quantitative estimate of drug-likeness (QED) is 0.340. The predicted octanol–water partition coefficient (Wildman–Crippen LogP) is 3.69. The lowest BCUT2D eigenvalue weighted by Crippen LogP contribution is -2.11. The van der Waals surface area contributed by atoms with E-state index in [1.807, 2.05) is 24.3 Å². The van der Waals surface area contributed by atoms with Crippen molar-refractivity contribution in [1.82, 2.24) is 9.97 Å². The van der Waals surface area contributed by atoms with Crippen LogP contribution in [0.4, 0.5) is 11.4 Å². The highest BCUT2D eigenvalue weighted by atomic mass is 16.1. The number of carbonyl (C=O) groups excluding carboxylic acids is 2. The molecule has 0 unspecified atom stereocenters. The summed E-state index contributed by atoms with van der Waals surface area (Å²) in [6, 6.07) is 14.2. The maximum atomic E-state index is 12.3. The molecule has 1 amide bonds. The van der Waals surface area contributed by atoms with Crippen molar-refractivity contribution in [3.05, 3.63) is 59.8 Å². The zero-order valence-electron chi connectivity index (χ0n) is 13.5. The van der Waals surface area contributed by atoms with Gasteiger partial charge in [0.1, 0.15) is 5.65 Å². The van der Waals surface area contributed by atoms with E-state index < -0.39 is 0 Å². The van der Waals surface area contributed by atoms with Crippen molar-refractivity contribution in [3.63, 3.8) is 0 Å². The third-order valence-corrected chi connectivity index (χ3v) is 4.20. The van der Waals surface area contributed by atoms with Crippen LogP contribution in [0.5, 0.6) is 0 Å². The largest absolute Gasteiger partial charge is 0.399 e. The highest BCUT2D eigenvalue weighted by molar-refractivity contribution is 6.11. The van der Waals surface area contributed by atoms with Crippen molar-refractivity contribution in [1.29, 1.82) is 0 Å². The summed E-state index contributed by atoms with van der Waals surface area (Å²) in [5.74, 6) is -0.208. The number of carbonyl (C=O) groups is 2. The van der Waals surface area contributed by atoms with Crippen molar-refractivity contribution >= 4 is 45.0 Å². The molecule has 25 heavy (non-hydrogen) atoms. The minimum atomic E-state index is -0.199. The Labute approximate surface area is 143 Å². The van der Waals surface area contributed by atoms with E-state index in [2.05, 4.69) is 15.3 Å². The van der Waals surface area contributed by atoms with Gasteiger partial charge in [0, 0.05) is 40.2 Å². The number of aromatic amines is 2. The minimum absolute atomic E-state index is 0.00914. The standard InChI is InChI=1S/C19H16N4O2/c1-10(24)16-9-15-14-7-6-13(8-17(14)23-18(15)22-16)21-19(25)11-2-4-12(20)5-3-11/h2-9,22-23H,20H2,1H3,(H,21,25). The van der Waals surface area contributed by atoms with E-state index in [9.17, 15) is 9.59 Å². The number of hydrogen-bond acceptors (Lipinski definition) is 3. The second kappa shape index (κ2) is 5.52. The fraction of sp³-hybridized carbons (Fsp3) is 0.0526. The Balaban J connectivity index is 1.65. The number of ketones is 1. The summed E-state index contributed by atoms with van der Waals surface area (Å²) in [6.07, 6.45) is 0. The van der Waals surface area contributed by atoms with Gasteiger partial charge in [-0.15, -0.1) is 0 Å². The number of nitrogen functional groups attached to an aromatic ring is 1. The molecule has 0 saturated carbocycles. The van der Waals surface area contributed by atoms with E-state index in [-0.39, 0.29) is 11.7 Å². The van der Waals surface area contributed by atoms with Crippen LogP contribution in [0.3, 0.4) is 0 Å². The molecule has 124 valence electrons. The highest BCUT2D eigenvalue weighted by Gasteiger charge is 2.12. The summed E-state index contributed by atoms with van der Waals surface area (Å²) in [4.78, 5) is 30.1. The number of amides is 1. The van der Waals surface area contributed by atoms with Gasteiger partial charge in [0.15, 0.2) is 5.78 Å². The van der Waals surface area contributed by atoms with Crippen molar-refractivity contribution in [2.75, 3.05) is 11.1 Å². The SMILES string of the molecule is CC(=O)c1cc2c([nH]1)[nH]c1cc(NC(=O)c3ccc(N)cc3)ccc12.